The fraction of sp³-hybridized carbons (Fsp3) is 1.00. The molecule has 1 aliphatic carbocycles. The summed E-state index contributed by atoms with van der Waals surface area (Å²) in [6, 6.07) is 0. The van der Waals surface area contributed by atoms with Crippen LogP contribution in [-0.2, 0) is 4.74 Å². The number of nitrogens with zero attached hydrogens (tertiary/aromatic N) is 1. The third-order valence-electron chi connectivity index (χ3n) is 3.53. The fourth-order valence-electron chi connectivity index (χ4n) is 2.75. The Labute approximate surface area is 74.9 Å². The molecule has 2 heteroatoms. The van der Waals surface area contributed by atoms with Crippen LogP contribution in [0.4, 0.5) is 0 Å². The van der Waals surface area contributed by atoms with Crippen LogP contribution in [0.5, 0.6) is 0 Å². The topological polar surface area (TPSA) is 12.5 Å². The van der Waals surface area contributed by atoms with Gasteiger partial charge in [0.15, 0.2) is 0 Å². The maximum Gasteiger partial charge on any atom is 0.0589 e. The summed E-state index contributed by atoms with van der Waals surface area (Å²) >= 11 is 0. The highest BCUT2D eigenvalue weighted by Crippen LogP contribution is 2.53. The molecular weight excluding hydrogens is 150 g/mol. The maximum absolute atomic E-state index is 5.07. The zero-order valence-electron chi connectivity index (χ0n) is 8.12. The van der Waals surface area contributed by atoms with Crippen LogP contribution in [-0.4, -0.2) is 38.3 Å². The van der Waals surface area contributed by atoms with Gasteiger partial charge in [-0.05, 0) is 17.8 Å². The third-order valence-corrected chi connectivity index (χ3v) is 3.53. The van der Waals surface area contributed by atoms with E-state index in [-0.39, 0.29) is 0 Å². The third kappa shape index (κ3) is 1.38. The molecule has 1 aliphatic heterocycles. The molecule has 0 unspecified atom stereocenters. The molecule has 2 nitrogen and oxygen atoms in total. The van der Waals surface area contributed by atoms with Crippen LogP contribution >= 0.6 is 0 Å². The van der Waals surface area contributed by atoms with Gasteiger partial charge >= 0.3 is 0 Å². The number of hydrogen-bond donors (Lipinski definition) is 0. The second-order valence-electron chi connectivity index (χ2n) is 4.15. The number of methoxy groups -OCH3 is 1. The zero-order valence-corrected chi connectivity index (χ0v) is 8.12. The predicted octanol–water partition coefficient (Wildman–Crippen LogP) is 1.22. The summed E-state index contributed by atoms with van der Waals surface area (Å²) in [6.07, 6.45) is 1.40. The Morgan fingerprint density at radius 1 is 1.33 bits per heavy atom. The van der Waals surface area contributed by atoms with Gasteiger partial charge in [0.25, 0.3) is 0 Å². The van der Waals surface area contributed by atoms with Crippen molar-refractivity contribution in [1.82, 2.24) is 4.90 Å². The standard InChI is InChI=1S/C10H19NO/c1-3-8-9-6-11(4-5-12-2)7-10(8)9/h8-10H,3-7H2,1-2H3/t8-,9-,10+. The van der Waals surface area contributed by atoms with E-state index in [0.717, 1.165) is 30.9 Å². The molecule has 1 saturated heterocycles. The van der Waals surface area contributed by atoms with Crippen LogP contribution in [0.1, 0.15) is 13.3 Å². The van der Waals surface area contributed by atoms with Crippen molar-refractivity contribution in [3.05, 3.63) is 0 Å². The average Bonchev–Trinajstić information content (AvgIpc) is 2.56. The molecule has 0 radical (unpaired) electrons. The van der Waals surface area contributed by atoms with Crippen molar-refractivity contribution in [3.63, 3.8) is 0 Å². The number of rotatable bonds is 4. The van der Waals surface area contributed by atoms with Gasteiger partial charge in [0, 0.05) is 26.7 Å². The van der Waals surface area contributed by atoms with Gasteiger partial charge < -0.3 is 9.64 Å². The second-order valence-corrected chi connectivity index (χ2v) is 4.15. The van der Waals surface area contributed by atoms with E-state index in [4.69, 9.17) is 4.74 Å². The predicted molar refractivity (Wildman–Crippen MR) is 49.1 cm³/mol. The minimum Gasteiger partial charge on any atom is -0.383 e. The van der Waals surface area contributed by atoms with E-state index in [1.54, 1.807) is 7.11 Å². The van der Waals surface area contributed by atoms with E-state index in [9.17, 15) is 0 Å². The van der Waals surface area contributed by atoms with Gasteiger partial charge in [-0.15, -0.1) is 0 Å². The van der Waals surface area contributed by atoms with Crippen LogP contribution in [0.3, 0.4) is 0 Å². The van der Waals surface area contributed by atoms with Gasteiger partial charge in [-0.25, -0.2) is 0 Å². The molecule has 3 atom stereocenters. The summed E-state index contributed by atoms with van der Waals surface area (Å²) in [5.41, 5.74) is 0. The van der Waals surface area contributed by atoms with E-state index in [1.807, 2.05) is 0 Å². The van der Waals surface area contributed by atoms with Gasteiger partial charge in [0.2, 0.25) is 0 Å². The number of piperidine rings is 1. The number of ether oxygens (including phenoxy) is 1. The quantitative estimate of drug-likeness (QED) is 0.627. The van der Waals surface area contributed by atoms with Crippen LogP contribution in [0.25, 0.3) is 0 Å². The lowest BCUT2D eigenvalue weighted by Crippen LogP contribution is -2.27. The van der Waals surface area contributed by atoms with E-state index in [2.05, 4.69) is 11.8 Å². The van der Waals surface area contributed by atoms with E-state index >= 15 is 0 Å². The van der Waals surface area contributed by atoms with Gasteiger partial charge in [0.1, 0.15) is 0 Å². The molecule has 2 fully saturated rings. The van der Waals surface area contributed by atoms with Crippen LogP contribution in [0, 0.1) is 17.8 Å². The first kappa shape index (κ1) is 8.52. The summed E-state index contributed by atoms with van der Waals surface area (Å²) < 4.78 is 5.07. The molecule has 0 aromatic heterocycles. The Hall–Kier alpha value is -0.0800. The molecule has 0 spiro atoms. The van der Waals surface area contributed by atoms with Gasteiger partial charge in [-0.2, -0.15) is 0 Å². The highest BCUT2D eigenvalue weighted by atomic mass is 16.5. The number of likely N-dealkylation sites (tertiary alicyclic amines) is 1. The SMILES string of the molecule is CC[C@@H]1[C@H]2CN(CCOC)C[C@@H]12. The van der Waals surface area contributed by atoms with Crippen molar-refractivity contribution in [2.45, 2.75) is 13.3 Å². The summed E-state index contributed by atoms with van der Waals surface area (Å²) in [6.45, 7) is 7.04. The van der Waals surface area contributed by atoms with Crippen molar-refractivity contribution in [1.29, 1.82) is 0 Å². The molecule has 2 rings (SSSR count). The minimum atomic E-state index is 0.899. The number of fused-ring (bicyclic) bond motifs is 1. The molecule has 1 heterocycles. The van der Waals surface area contributed by atoms with Crippen molar-refractivity contribution in [2.24, 2.45) is 17.8 Å². The summed E-state index contributed by atoms with van der Waals surface area (Å²) in [4.78, 5) is 2.55. The molecule has 0 aromatic carbocycles. The smallest absolute Gasteiger partial charge is 0.0589 e. The molecule has 1 saturated carbocycles. The van der Waals surface area contributed by atoms with Crippen molar-refractivity contribution in [3.8, 4) is 0 Å². The molecule has 0 N–H and O–H groups in total. The van der Waals surface area contributed by atoms with Gasteiger partial charge in [0.05, 0.1) is 6.61 Å². The van der Waals surface area contributed by atoms with Crippen molar-refractivity contribution < 1.29 is 4.74 Å². The first-order chi connectivity index (χ1) is 5.86. The summed E-state index contributed by atoms with van der Waals surface area (Å²) in [5.74, 6) is 3.17. The van der Waals surface area contributed by atoms with Crippen molar-refractivity contribution in [2.75, 3.05) is 33.4 Å². The second kappa shape index (κ2) is 3.35. The van der Waals surface area contributed by atoms with Crippen LogP contribution in [0.15, 0.2) is 0 Å². The fourth-order valence-corrected chi connectivity index (χ4v) is 2.75. The largest absolute Gasteiger partial charge is 0.383 e. The molecule has 0 aromatic rings. The lowest BCUT2D eigenvalue weighted by molar-refractivity contribution is 0.151. The normalized spacial score (nSPS) is 40.0. The zero-order chi connectivity index (χ0) is 8.55. The Morgan fingerprint density at radius 2 is 2.00 bits per heavy atom. The first-order valence-corrected chi connectivity index (χ1v) is 5.08. The molecule has 0 amide bonds. The minimum absolute atomic E-state index is 0.899. The Morgan fingerprint density at radius 3 is 2.50 bits per heavy atom. The van der Waals surface area contributed by atoms with E-state index in [1.165, 1.54) is 19.5 Å². The Kier molecular flexibility index (Phi) is 2.37. The van der Waals surface area contributed by atoms with Crippen LogP contribution < -0.4 is 0 Å². The van der Waals surface area contributed by atoms with E-state index in [0.29, 0.717) is 0 Å². The Balaban J connectivity index is 1.68. The molecular formula is C10H19NO. The summed E-state index contributed by atoms with van der Waals surface area (Å²) in [5, 5.41) is 0. The molecule has 0 bridgehead atoms. The monoisotopic (exact) mass is 169 g/mol. The van der Waals surface area contributed by atoms with Crippen molar-refractivity contribution >= 4 is 0 Å². The van der Waals surface area contributed by atoms with Gasteiger partial charge in [-0.1, -0.05) is 13.3 Å². The highest BCUT2D eigenvalue weighted by Gasteiger charge is 2.53. The van der Waals surface area contributed by atoms with Crippen LogP contribution in [0.2, 0.25) is 0 Å². The lowest BCUT2D eigenvalue weighted by atomic mass is 10.2. The van der Waals surface area contributed by atoms with E-state index < -0.39 is 0 Å². The average molecular weight is 169 g/mol. The lowest BCUT2D eigenvalue weighted by Gasteiger charge is -2.18. The highest BCUT2D eigenvalue weighted by molar-refractivity contribution is 5.04. The number of hydrogen-bond acceptors (Lipinski definition) is 2. The molecule has 12 heavy (non-hydrogen) atoms. The summed E-state index contributed by atoms with van der Waals surface area (Å²) in [7, 11) is 1.78. The molecule has 70 valence electrons. The first-order valence-electron chi connectivity index (χ1n) is 5.08. The molecule has 2 aliphatic rings. The maximum atomic E-state index is 5.07. The van der Waals surface area contributed by atoms with Gasteiger partial charge in [-0.3, -0.25) is 0 Å². The Bertz CT molecular complexity index is 148.